The second-order valence-electron chi connectivity index (χ2n) is 4.77. The molecule has 0 aromatic heterocycles. The maximum Gasteiger partial charge on any atom is 0.343 e. The number of ketones is 1. The summed E-state index contributed by atoms with van der Waals surface area (Å²) in [5.74, 6) is -0.250. The number of carbonyl (C=O) groups excluding carboxylic acids is 2. The summed E-state index contributed by atoms with van der Waals surface area (Å²) in [5, 5.41) is 0. The number of aryl methyl sites for hydroxylation is 2. The highest BCUT2D eigenvalue weighted by Crippen LogP contribution is 2.25. The van der Waals surface area contributed by atoms with Crippen molar-refractivity contribution in [1.82, 2.24) is 0 Å². The fourth-order valence-corrected chi connectivity index (χ4v) is 2.19. The molecule has 2 aromatic carbocycles. The van der Waals surface area contributed by atoms with E-state index in [-0.39, 0.29) is 5.78 Å². The number of rotatable bonds is 3. The minimum Gasteiger partial charge on any atom is -0.422 e. The molecule has 0 unspecified atom stereocenters. The van der Waals surface area contributed by atoms with Crippen LogP contribution in [-0.2, 0) is 0 Å². The highest BCUT2D eigenvalue weighted by Gasteiger charge is 2.16. The van der Waals surface area contributed by atoms with Gasteiger partial charge in [-0.2, -0.15) is 0 Å². The highest BCUT2D eigenvalue weighted by molar-refractivity contribution is 6.00. The Labute approximate surface area is 118 Å². The van der Waals surface area contributed by atoms with Crippen LogP contribution in [0.3, 0.4) is 0 Å². The molecule has 0 aliphatic heterocycles. The van der Waals surface area contributed by atoms with E-state index in [9.17, 15) is 9.59 Å². The minimum atomic E-state index is -0.460. The van der Waals surface area contributed by atoms with Crippen LogP contribution in [0.4, 0.5) is 0 Å². The zero-order valence-corrected chi connectivity index (χ0v) is 11.8. The van der Waals surface area contributed by atoms with E-state index in [2.05, 4.69) is 0 Å². The molecule has 0 radical (unpaired) electrons. The fourth-order valence-electron chi connectivity index (χ4n) is 2.19. The molecule has 102 valence electrons. The average molecular weight is 268 g/mol. The van der Waals surface area contributed by atoms with Gasteiger partial charge < -0.3 is 4.74 Å². The van der Waals surface area contributed by atoms with Gasteiger partial charge in [0.05, 0.1) is 11.1 Å². The van der Waals surface area contributed by atoms with Gasteiger partial charge in [-0.05, 0) is 50.1 Å². The summed E-state index contributed by atoms with van der Waals surface area (Å²) in [4.78, 5) is 23.8. The fraction of sp³-hybridized carbons (Fsp3) is 0.176. The van der Waals surface area contributed by atoms with Gasteiger partial charge in [0.2, 0.25) is 0 Å². The van der Waals surface area contributed by atoms with Crippen LogP contribution in [0.5, 0.6) is 5.75 Å². The lowest BCUT2D eigenvalue weighted by atomic mass is 10.0. The van der Waals surface area contributed by atoms with Crippen LogP contribution >= 0.6 is 0 Å². The Morgan fingerprint density at radius 2 is 1.65 bits per heavy atom. The van der Waals surface area contributed by atoms with Crippen LogP contribution in [-0.4, -0.2) is 11.8 Å². The number of carbonyl (C=O) groups is 2. The molecule has 3 heteroatoms. The van der Waals surface area contributed by atoms with Crippen LogP contribution in [0.15, 0.2) is 42.5 Å². The number of ether oxygens (including phenoxy) is 1. The lowest BCUT2D eigenvalue weighted by Crippen LogP contribution is -2.12. The maximum atomic E-state index is 12.1. The third-order valence-corrected chi connectivity index (χ3v) is 3.01. The summed E-state index contributed by atoms with van der Waals surface area (Å²) in [5.41, 5.74) is 2.68. The van der Waals surface area contributed by atoms with E-state index in [0.29, 0.717) is 16.9 Å². The first kappa shape index (κ1) is 14.0. The van der Waals surface area contributed by atoms with Crippen LogP contribution in [0.25, 0.3) is 0 Å². The van der Waals surface area contributed by atoms with Crippen molar-refractivity contribution in [2.24, 2.45) is 0 Å². The number of esters is 1. The minimum absolute atomic E-state index is 0.113. The Morgan fingerprint density at radius 1 is 1.00 bits per heavy atom. The molecule has 0 atom stereocenters. The average Bonchev–Trinajstić information content (AvgIpc) is 2.38. The van der Waals surface area contributed by atoms with Gasteiger partial charge in [0.1, 0.15) is 5.75 Å². The zero-order chi connectivity index (χ0) is 14.7. The van der Waals surface area contributed by atoms with Gasteiger partial charge in [-0.1, -0.05) is 24.3 Å². The number of hydrogen-bond acceptors (Lipinski definition) is 3. The van der Waals surface area contributed by atoms with Crippen LogP contribution < -0.4 is 4.74 Å². The van der Waals surface area contributed by atoms with Crippen molar-refractivity contribution in [2.75, 3.05) is 0 Å². The van der Waals surface area contributed by atoms with Crippen molar-refractivity contribution in [3.05, 3.63) is 64.7 Å². The lowest BCUT2D eigenvalue weighted by Gasteiger charge is -2.12. The highest BCUT2D eigenvalue weighted by atomic mass is 16.5. The lowest BCUT2D eigenvalue weighted by molar-refractivity contribution is 0.0732. The molecule has 2 rings (SSSR count). The second kappa shape index (κ2) is 5.70. The van der Waals surface area contributed by atoms with E-state index in [1.165, 1.54) is 6.92 Å². The summed E-state index contributed by atoms with van der Waals surface area (Å²) in [6.07, 6.45) is 0. The molecule has 0 aliphatic carbocycles. The first-order chi connectivity index (χ1) is 9.49. The molecule has 0 heterocycles. The van der Waals surface area contributed by atoms with Gasteiger partial charge in [-0.3, -0.25) is 4.79 Å². The first-order valence-corrected chi connectivity index (χ1v) is 6.38. The van der Waals surface area contributed by atoms with E-state index < -0.39 is 5.97 Å². The largest absolute Gasteiger partial charge is 0.422 e. The number of benzene rings is 2. The normalized spacial score (nSPS) is 10.2. The van der Waals surface area contributed by atoms with E-state index >= 15 is 0 Å². The Kier molecular flexibility index (Phi) is 3.99. The van der Waals surface area contributed by atoms with Crippen molar-refractivity contribution < 1.29 is 14.3 Å². The van der Waals surface area contributed by atoms with Crippen LogP contribution in [0.1, 0.15) is 38.8 Å². The predicted molar refractivity (Wildman–Crippen MR) is 77.3 cm³/mol. The van der Waals surface area contributed by atoms with Gasteiger partial charge in [0.25, 0.3) is 0 Å². The van der Waals surface area contributed by atoms with E-state index in [0.717, 1.165) is 11.1 Å². The zero-order valence-electron chi connectivity index (χ0n) is 11.8. The van der Waals surface area contributed by atoms with Gasteiger partial charge >= 0.3 is 5.97 Å². The molecule has 20 heavy (non-hydrogen) atoms. The van der Waals surface area contributed by atoms with E-state index in [1.807, 2.05) is 26.0 Å². The smallest absolute Gasteiger partial charge is 0.343 e. The van der Waals surface area contributed by atoms with Crippen molar-refractivity contribution in [3.8, 4) is 5.75 Å². The van der Waals surface area contributed by atoms with Crippen molar-refractivity contribution >= 4 is 11.8 Å². The molecule has 2 aromatic rings. The summed E-state index contributed by atoms with van der Waals surface area (Å²) in [6, 6.07) is 12.3. The Balaban J connectivity index is 2.39. The van der Waals surface area contributed by atoms with Crippen molar-refractivity contribution in [1.29, 1.82) is 0 Å². The molecule has 0 saturated carbocycles. The number of Topliss-reactive ketones (excluding diaryl/α,β-unsaturated/α-hetero) is 1. The van der Waals surface area contributed by atoms with Gasteiger partial charge in [0, 0.05) is 0 Å². The molecule has 0 bridgehead atoms. The van der Waals surface area contributed by atoms with E-state index in [4.69, 9.17) is 4.74 Å². The van der Waals surface area contributed by atoms with Gasteiger partial charge in [-0.15, -0.1) is 0 Å². The Morgan fingerprint density at radius 3 is 2.25 bits per heavy atom. The predicted octanol–water partition coefficient (Wildman–Crippen LogP) is 3.73. The summed E-state index contributed by atoms with van der Waals surface area (Å²) in [7, 11) is 0. The van der Waals surface area contributed by atoms with Crippen LogP contribution in [0, 0.1) is 13.8 Å². The second-order valence-corrected chi connectivity index (χ2v) is 4.77. The van der Waals surface area contributed by atoms with Crippen molar-refractivity contribution in [2.45, 2.75) is 20.8 Å². The molecular weight excluding hydrogens is 252 g/mol. The molecule has 0 N–H and O–H groups in total. The SMILES string of the molecule is CC(=O)c1c(C)cc(C)cc1OC(=O)c1ccccc1. The van der Waals surface area contributed by atoms with Crippen molar-refractivity contribution in [3.63, 3.8) is 0 Å². The third-order valence-electron chi connectivity index (χ3n) is 3.01. The molecular formula is C17H16O3. The maximum absolute atomic E-state index is 12.1. The first-order valence-electron chi connectivity index (χ1n) is 6.38. The Hall–Kier alpha value is -2.42. The van der Waals surface area contributed by atoms with E-state index in [1.54, 1.807) is 30.3 Å². The molecule has 3 nitrogen and oxygen atoms in total. The third kappa shape index (κ3) is 2.94. The van der Waals surface area contributed by atoms with Crippen LogP contribution in [0.2, 0.25) is 0 Å². The summed E-state index contributed by atoms with van der Waals surface area (Å²) < 4.78 is 5.39. The molecule has 0 fully saturated rings. The van der Waals surface area contributed by atoms with Gasteiger partial charge in [0.15, 0.2) is 5.78 Å². The quantitative estimate of drug-likeness (QED) is 0.484. The molecule has 0 saturated heterocycles. The standard InChI is InChI=1S/C17H16O3/c1-11-9-12(2)16(13(3)18)15(10-11)20-17(19)14-7-5-4-6-8-14/h4-10H,1-3H3. The molecule has 0 amide bonds. The Bertz CT molecular complexity index is 657. The molecule has 0 aliphatic rings. The van der Waals surface area contributed by atoms with Gasteiger partial charge in [-0.25, -0.2) is 4.79 Å². The monoisotopic (exact) mass is 268 g/mol. The topological polar surface area (TPSA) is 43.4 Å². The summed E-state index contributed by atoms with van der Waals surface area (Å²) >= 11 is 0. The number of hydrogen-bond donors (Lipinski definition) is 0. The summed E-state index contributed by atoms with van der Waals surface area (Å²) in [6.45, 7) is 5.21. The molecule has 0 spiro atoms.